The molecule has 1 atom stereocenters. The molecule has 0 fully saturated rings. The Kier molecular flexibility index (Phi) is 6.16. The summed E-state index contributed by atoms with van der Waals surface area (Å²) < 4.78 is 40.2. The van der Waals surface area contributed by atoms with E-state index in [-0.39, 0.29) is 17.1 Å². The Bertz CT molecular complexity index is 619. The van der Waals surface area contributed by atoms with Gasteiger partial charge < -0.3 is 5.11 Å². The van der Waals surface area contributed by atoms with Gasteiger partial charge >= 0.3 is 6.18 Å². The third-order valence-corrected chi connectivity index (χ3v) is 4.18. The Morgan fingerprint density at radius 1 is 1.24 bits per heavy atom. The number of amides is 1. The summed E-state index contributed by atoms with van der Waals surface area (Å²) in [6.45, 7) is 2.05. The van der Waals surface area contributed by atoms with E-state index in [1.54, 1.807) is 0 Å². The molecule has 0 bridgehead atoms. The minimum atomic E-state index is -5.00. The molecule has 1 N–H and O–H groups in total. The van der Waals surface area contributed by atoms with E-state index in [1.165, 1.54) is 24.5 Å². The van der Waals surface area contributed by atoms with E-state index in [1.807, 2.05) is 6.92 Å². The van der Waals surface area contributed by atoms with Gasteiger partial charge in [0.25, 0.3) is 5.72 Å². The molecule has 1 aromatic heterocycles. The van der Waals surface area contributed by atoms with Gasteiger partial charge in [0, 0.05) is 24.4 Å². The molecule has 2 heterocycles. The normalized spacial score (nSPS) is 20.7. The fourth-order valence-corrected chi connectivity index (χ4v) is 2.72. The van der Waals surface area contributed by atoms with Crippen LogP contribution in [0.25, 0.3) is 0 Å². The largest absolute Gasteiger partial charge is 0.438 e. The molecule has 5 nitrogen and oxygen atoms in total. The van der Waals surface area contributed by atoms with E-state index in [4.69, 9.17) is 0 Å². The number of halogens is 3. The van der Waals surface area contributed by atoms with E-state index in [9.17, 15) is 23.1 Å². The van der Waals surface area contributed by atoms with Crippen molar-refractivity contribution in [3.05, 3.63) is 30.1 Å². The molecule has 0 radical (unpaired) electrons. The van der Waals surface area contributed by atoms with Gasteiger partial charge in [-0.05, 0) is 18.6 Å². The fraction of sp³-hybridized carbons (Fsp3) is 0.588. The molecule has 2 rings (SSSR count). The quantitative estimate of drug-likeness (QED) is 0.758. The van der Waals surface area contributed by atoms with Crippen molar-refractivity contribution in [1.29, 1.82) is 0 Å². The van der Waals surface area contributed by atoms with Gasteiger partial charge in [-0.15, -0.1) is 0 Å². The van der Waals surface area contributed by atoms with Crippen LogP contribution in [0.3, 0.4) is 0 Å². The first-order valence-electron chi connectivity index (χ1n) is 8.39. The highest BCUT2D eigenvalue weighted by molar-refractivity contribution is 6.03. The monoisotopic (exact) mass is 357 g/mol. The molecule has 0 unspecified atom stereocenters. The second kappa shape index (κ2) is 7.95. The number of alkyl halides is 3. The summed E-state index contributed by atoms with van der Waals surface area (Å²) in [5, 5.41) is 14.2. The third-order valence-electron chi connectivity index (χ3n) is 4.18. The van der Waals surface area contributed by atoms with Crippen molar-refractivity contribution in [2.75, 3.05) is 0 Å². The van der Waals surface area contributed by atoms with Crippen molar-refractivity contribution in [3.63, 3.8) is 0 Å². The summed E-state index contributed by atoms with van der Waals surface area (Å²) in [6, 6.07) is 2.99. The Labute approximate surface area is 144 Å². The Balaban J connectivity index is 2.15. The second-order valence-corrected chi connectivity index (χ2v) is 6.14. The fourth-order valence-electron chi connectivity index (χ4n) is 2.72. The first-order valence-corrected chi connectivity index (χ1v) is 8.39. The number of hydrogen-bond acceptors (Lipinski definition) is 4. The van der Waals surface area contributed by atoms with Crippen molar-refractivity contribution in [2.45, 2.75) is 63.8 Å². The van der Waals surface area contributed by atoms with Gasteiger partial charge in [0.2, 0.25) is 5.91 Å². The molecule has 0 spiro atoms. The van der Waals surface area contributed by atoms with Crippen LogP contribution in [0.1, 0.15) is 57.4 Å². The van der Waals surface area contributed by atoms with E-state index >= 15 is 0 Å². The van der Waals surface area contributed by atoms with E-state index in [0.29, 0.717) is 12.0 Å². The highest BCUT2D eigenvalue weighted by Gasteiger charge is 2.63. The second-order valence-electron chi connectivity index (χ2n) is 6.14. The predicted molar refractivity (Wildman–Crippen MR) is 86.6 cm³/mol. The molecule has 0 saturated heterocycles. The maximum Gasteiger partial charge on any atom is 0.438 e. The van der Waals surface area contributed by atoms with Gasteiger partial charge in [-0.25, -0.2) is 0 Å². The van der Waals surface area contributed by atoms with Crippen LogP contribution in [0.15, 0.2) is 29.6 Å². The van der Waals surface area contributed by atoms with Crippen LogP contribution in [0.2, 0.25) is 0 Å². The summed E-state index contributed by atoms with van der Waals surface area (Å²) in [5.74, 6) is -0.819. The molecule has 1 aliphatic rings. The number of hydrazone groups is 1. The smallest absolute Gasteiger partial charge is 0.362 e. The number of rotatable bonds is 7. The van der Waals surface area contributed by atoms with Crippen LogP contribution in [-0.4, -0.2) is 38.6 Å². The SMILES string of the molecule is CCCCCCCC(=O)N1N=C(c2ccncc2)C[C@@]1(O)C(F)(F)F. The minimum Gasteiger partial charge on any atom is -0.362 e. The standard InChI is InChI=1S/C17H22F3N3O2/c1-2-3-4-5-6-7-15(24)23-16(25,17(18,19)20)12-14(22-23)13-8-10-21-11-9-13/h8-11,25H,2-7,12H2,1H3/t16-/m1/s1. The van der Waals surface area contributed by atoms with Crippen molar-refractivity contribution in [2.24, 2.45) is 5.10 Å². The van der Waals surface area contributed by atoms with Crippen LogP contribution >= 0.6 is 0 Å². The zero-order valence-electron chi connectivity index (χ0n) is 14.1. The summed E-state index contributed by atoms with van der Waals surface area (Å²) in [7, 11) is 0. The van der Waals surface area contributed by atoms with E-state index in [2.05, 4.69) is 10.1 Å². The number of pyridine rings is 1. The summed E-state index contributed by atoms with van der Waals surface area (Å²) >= 11 is 0. The molecule has 1 aliphatic heterocycles. The van der Waals surface area contributed by atoms with Crippen LogP contribution < -0.4 is 0 Å². The number of carbonyl (C=O) groups is 1. The third kappa shape index (κ3) is 4.36. The molecule has 0 saturated carbocycles. The van der Waals surface area contributed by atoms with Gasteiger partial charge in [0.1, 0.15) is 0 Å². The van der Waals surface area contributed by atoms with Crippen LogP contribution in [0.4, 0.5) is 13.2 Å². The Morgan fingerprint density at radius 2 is 1.88 bits per heavy atom. The zero-order chi connectivity index (χ0) is 18.5. The van der Waals surface area contributed by atoms with Crippen molar-refractivity contribution in [1.82, 2.24) is 9.99 Å². The van der Waals surface area contributed by atoms with Crippen molar-refractivity contribution >= 4 is 11.6 Å². The number of aromatic nitrogens is 1. The lowest BCUT2D eigenvalue weighted by Gasteiger charge is -2.32. The number of hydrogen-bond donors (Lipinski definition) is 1. The highest BCUT2D eigenvalue weighted by Crippen LogP contribution is 2.41. The molecular formula is C17H22F3N3O2. The molecule has 25 heavy (non-hydrogen) atoms. The number of aliphatic hydroxyl groups is 1. The molecule has 1 amide bonds. The van der Waals surface area contributed by atoms with Crippen molar-refractivity contribution in [3.8, 4) is 0 Å². The van der Waals surface area contributed by atoms with Gasteiger partial charge in [0.15, 0.2) is 0 Å². The number of unbranched alkanes of at least 4 members (excludes halogenated alkanes) is 4. The van der Waals surface area contributed by atoms with Gasteiger partial charge in [-0.2, -0.15) is 23.3 Å². The van der Waals surface area contributed by atoms with Crippen molar-refractivity contribution < 1.29 is 23.1 Å². The predicted octanol–water partition coefficient (Wildman–Crippen LogP) is 3.63. The first-order chi connectivity index (χ1) is 11.8. The lowest BCUT2D eigenvalue weighted by atomic mass is 10.0. The minimum absolute atomic E-state index is 0.0153. The zero-order valence-corrected chi connectivity index (χ0v) is 14.1. The Morgan fingerprint density at radius 3 is 2.48 bits per heavy atom. The average Bonchev–Trinajstić information content (AvgIpc) is 2.94. The van der Waals surface area contributed by atoms with Crippen LogP contribution in [0, 0.1) is 0 Å². The highest BCUT2D eigenvalue weighted by atomic mass is 19.4. The maximum atomic E-state index is 13.4. The van der Waals surface area contributed by atoms with E-state index in [0.717, 1.165) is 25.7 Å². The van der Waals surface area contributed by atoms with Crippen LogP contribution in [-0.2, 0) is 4.79 Å². The molecule has 1 aromatic rings. The van der Waals surface area contributed by atoms with Gasteiger partial charge in [0.05, 0.1) is 12.1 Å². The lowest BCUT2D eigenvalue weighted by Crippen LogP contribution is -2.56. The maximum absolute atomic E-state index is 13.4. The van der Waals surface area contributed by atoms with Crippen LogP contribution in [0.5, 0.6) is 0 Å². The molecule has 0 aromatic carbocycles. The molecule has 138 valence electrons. The molecular weight excluding hydrogens is 335 g/mol. The number of nitrogens with zero attached hydrogens (tertiary/aromatic N) is 3. The average molecular weight is 357 g/mol. The lowest BCUT2D eigenvalue weighted by molar-refractivity contribution is -0.302. The first kappa shape index (κ1) is 19.4. The van der Waals surface area contributed by atoms with Gasteiger partial charge in [-0.3, -0.25) is 9.78 Å². The van der Waals surface area contributed by atoms with Gasteiger partial charge in [-0.1, -0.05) is 32.6 Å². The summed E-state index contributed by atoms with van der Waals surface area (Å²) in [6.07, 6.45) is 1.20. The number of carbonyl (C=O) groups excluding carboxylic acids is 1. The summed E-state index contributed by atoms with van der Waals surface area (Å²) in [5.41, 5.74) is -2.89. The van der Waals surface area contributed by atoms with E-state index < -0.39 is 24.2 Å². The topological polar surface area (TPSA) is 65.8 Å². The Hall–Kier alpha value is -1.96. The molecule has 0 aliphatic carbocycles. The molecule has 8 heteroatoms. The summed E-state index contributed by atoms with van der Waals surface area (Å²) in [4.78, 5) is 16.1.